The van der Waals surface area contributed by atoms with Crippen LogP contribution in [-0.2, 0) is 17.7 Å². The number of aryl methyl sites for hydroxylation is 1. The van der Waals surface area contributed by atoms with Crippen LogP contribution in [0.1, 0.15) is 22.3 Å². The molecule has 0 spiro atoms. The second-order valence-corrected chi connectivity index (χ2v) is 6.39. The van der Waals surface area contributed by atoms with Crippen molar-refractivity contribution in [2.75, 3.05) is 37.4 Å². The van der Waals surface area contributed by atoms with Gasteiger partial charge in [0.1, 0.15) is 17.2 Å². The van der Waals surface area contributed by atoms with Gasteiger partial charge in [-0.3, -0.25) is 19.1 Å². The van der Waals surface area contributed by atoms with E-state index >= 15 is 0 Å². The predicted octanol–water partition coefficient (Wildman–Crippen LogP) is 0.540. The van der Waals surface area contributed by atoms with E-state index in [0.717, 1.165) is 28.7 Å². The summed E-state index contributed by atoms with van der Waals surface area (Å²) >= 11 is 0. The number of ketones is 1. The summed E-state index contributed by atoms with van der Waals surface area (Å²) in [6.07, 6.45) is 1.49. The molecular formula is C18H21FN4O4. The number of fused-ring (bicyclic) bond motifs is 1. The number of methoxy groups -OCH3 is 1. The number of H-pyrrole nitrogens is 1. The van der Waals surface area contributed by atoms with E-state index in [-0.39, 0.29) is 36.9 Å². The molecule has 0 radical (unpaired) electrons. The standard InChI is InChI=1S/C18H21FN4O4/c1-27-8-7-23-16(20)15(17(25)21-18(23)26)14(24)10-22-6-2-3-11-9-12(19)4-5-13(11)22/h4-5,9H,2-3,6-8,10,20H2,1H3,(H,21,25,26). The van der Waals surface area contributed by atoms with Gasteiger partial charge >= 0.3 is 5.69 Å². The van der Waals surface area contributed by atoms with E-state index in [4.69, 9.17) is 10.5 Å². The lowest BCUT2D eigenvalue weighted by atomic mass is 10.0. The maximum absolute atomic E-state index is 13.4. The minimum atomic E-state index is -0.812. The Labute approximate surface area is 154 Å². The number of aromatic amines is 1. The zero-order valence-corrected chi connectivity index (χ0v) is 15.0. The number of nitrogens with zero attached hydrogens (tertiary/aromatic N) is 2. The summed E-state index contributed by atoms with van der Waals surface area (Å²) in [5.74, 6) is -1.01. The predicted molar refractivity (Wildman–Crippen MR) is 98.9 cm³/mol. The van der Waals surface area contributed by atoms with Crippen LogP contribution in [0.5, 0.6) is 0 Å². The Morgan fingerprint density at radius 1 is 1.37 bits per heavy atom. The molecule has 2 heterocycles. The molecule has 3 rings (SSSR count). The SMILES string of the molecule is COCCn1c(N)c(C(=O)CN2CCCc3cc(F)ccc32)c(=O)[nH]c1=O. The average molecular weight is 376 g/mol. The number of nitrogens with one attached hydrogen (secondary N) is 1. The molecule has 0 bridgehead atoms. The van der Waals surface area contributed by atoms with Gasteiger partial charge in [-0.1, -0.05) is 0 Å². The molecular weight excluding hydrogens is 355 g/mol. The number of rotatable bonds is 6. The molecule has 1 aliphatic rings. The fourth-order valence-electron chi connectivity index (χ4n) is 3.32. The van der Waals surface area contributed by atoms with E-state index in [2.05, 4.69) is 4.98 Å². The van der Waals surface area contributed by atoms with Crippen LogP contribution in [0, 0.1) is 5.82 Å². The molecule has 1 aliphatic heterocycles. The van der Waals surface area contributed by atoms with E-state index in [9.17, 15) is 18.8 Å². The Bertz CT molecular complexity index is 982. The first-order valence-electron chi connectivity index (χ1n) is 8.60. The van der Waals surface area contributed by atoms with Crippen molar-refractivity contribution in [3.05, 3.63) is 56.0 Å². The van der Waals surface area contributed by atoms with Gasteiger partial charge in [-0.2, -0.15) is 0 Å². The van der Waals surface area contributed by atoms with Gasteiger partial charge in [0.15, 0.2) is 5.78 Å². The fourth-order valence-corrected chi connectivity index (χ4v) is 3.32. The van der Waals surface area contributed by atoms with Crippen LogP contribution in [0.4, 0.5) is 15.9 Å². The highest BCUT2D eigenvalue weighted by atomic mass is 19.1. The van der Waals surface area contributed by atoms with Crippen molar-refractivity contribution in [1.29, 1.82) is 0 Å². The Balaban J connectivity index is 1.92. The Morgan fingerprint density at radius 3 is 2.89 bits per heavy atom. The molecule has 0 amide bonds. The van der Waals surface area contributed by atoms with Crippen molar-refractivity contribution < 1.29 is 13.9 Å². The number of anilines is 2. The van der Waals surface area contributed by atoms with Crippen LogP contribution in [0.15, 0.2) is 27.8 Å². The number of aromatic nitrogens is 2. The van der Waals surface area contributed by atoms with E-state index in [1.165, 1.54) is 19.2 Å². The third kappa shape index (κ3) is 3.77. The number of halogens is 1. The van der Waals surface area contributed by atoms with Crippen LogP contribution in [0.25, 0.3) is 0 Å². The summed E-state index contributed by atoms with van der Waals surface area (Å²) in [6.45, 7) is 0.832. The summed E-state index contributed by atoms with van der Waals surface area (Å²) < 4.78 is 19.5. The Morgan fingerprint density at radius 2 is 2.15 bits per heavy atom. The maximum Gasteiger partial charge on any atom is 0.330 e. The lowest BCUT2D eigenvalue weighted by molar-refractivity contribution is 0.0997. The molecule has 3 N–H and O–H groups in total. The smallest absolute Gasteiger partial charge is 0.330 e. The third-order valence-corrected chi connectivity index (χ3v) is 4.63. The zero-order valence-electron chi connectivity index (χ0n) is 15.0. The second-order valence-electron chi connectivity index (χ2n) is 6.39. The monoisotopic (exact) mass is 376 g/mol. The van der Waals surface area contributed by atoms with Gasteiger partial charge in [0.2, 0.25) is 0 Å². The highest BCUT2D eigenvalue weighted by Gasteiger charge is 2.24. The molecule has 0 atom stereocenters. The molecule has 1 aromatic carbocycles. The lowest BCUT2D eigenvalue weighted by Gasteiger charge is -2.30. The van der Waals surface area contributed by atoms with E-state index in [1.807, 2.05) is 0 Å². The number of hydrogen-bond acceptors (Lipinski definition) is 6. The van der Waals surface area contributed by atoms with Gasteiger partial charge in [-0.15, -0.1) is 0 Å². The molecule has 0 fully saturated rings. The van der Waals surface area contributed by atoms with Gasteiger partial charge in [-0.25, -0.2) is 9.18 Å². The molecule has 1 aromatic heterocycles. The molecule has 9 heteroatoms. The molecule has 144 valence electrons. The second kappa shape index (κ2) is 7.75. The molecule has 0 aliphatic carbocycles. The van der Waals surface area contributed by atoms with Crippen LogP contribution >= 0.6 is 0 Å². The van der Waals surface area contributed by atoms with Crippen molar-refractivity contribution >= 4 is 17.3 Å². The first kappa shape index (κ1) is 18.8. The summed E-state index contributed by atoms with van der Waals surface area (Å²) in [6, 6.07) is 4.43. The van der Waals surface area contributed by atoms with Crippen LogP contribution in [-0.4, -0.2) is 42.1 Å². The topological polar surface area (TPSA) is 110 Å². The van der Waals surface area contributed by atoms with E-state index in [1.54, 1.807) is 11.0 Å². The van der Waals surface area contributed by atoms with Crippen molar-refractivity contribution in [1.82, 2.24) is 9.55 Å². The Hall–Kier alpha value is -2.94. The minimum absolute atomic E-state index is 0.0889. The normalized spacial score (nSPS) is 13.5. The van der Waals surface area contributed by atoms with Gasteiger partial charge in [0.05, 0.1) is 19.7 Å². The molecule has 8 nitrogen and oxygen atoms in total. The molecule has 0 unspecified atom stereocenters. The van der Waals surface area contributed by atoms with Crippen molar-refractivity contribution in [2.24, 2.45) is 0 Å². The first-order chi connectivity index (χ1) is 12.9. The quantitative estimate of drug-likeness (QED) is 0.712. The van der Waals surface area contributed by atoms with Crippen molar-refractivity contribution in [3.8, 4) is 0 Å². The highest BCUT2D eigenvalue weighted by Crippen LogP contribution is 2.27. The highest BCUT2D eigenvalue weighted by molar-refractivity contribution is 6.02. The van der Waals surface area contributed by atoms with Gasteiger partial charge in [0.25, 0.3) is 5.56 Å². The minimum Gasteiger partial charge on any atom is -0.384 e. The van der Waals surface area contributed by atoms with Crippen LogP contribution in [0.3, 0.4) is 0 Å². The summed E-state index contributed by atoms with van der Waals surface area (Å²) in [5.41, 5.74) is 5.78. The van der Waals surface area contributed by atoms with Gasteiger partial charge < -0.3 is 15.4 Å². The average Bonchev–Trinajstić information content (AvgIpc) is 2.61. The summed E-state index contributed by atoms with van der Waals surface area (Å²) in [7, 11) is 1.47. The zero-order chi connectivity index (χ0) is 19.6. The number of benzene rings is 1. The van der Waals surface area contributed by atoms with E-state index < -0.39 is 17.0 Å². The maximum atomic E-state index is 13.4. The van der Waals surface area contributed by atoms with Crippen LogP contribution in [0.2, 0.25) is 0 Å². The number of Topliss-reactive ketones (excluding diaryl/α,β-unsaturated/α-hetero) is 1. The van der Waals surface area contributed by atoms with Crippen molar-refractivity contribution in [2.45, 2.75) is 19.4 Å². The molecule has 0 saturated heterocycles. The number of carbonyl (C=O) groups excluding carboxylic acids is 1. The number of nitrogen functional groups attached to an aromatic ring is 1. The molecule has 0 saturated carbocycles. The third-order valence-electron chi connectivity index (χ3n) is 4.63. The van der Waals surface area contributed by atoms with Crippen LogP contribution < -0.4 is 21.9 Å². The summed E-state index contributed by atoms with van der Waals surface area (Å²) in [5, 5.41) is 0. The number of hydrogen-bond donors (Lipinski definition) is 2. The number of ether oxygens (including phenoxy) is 1. The molecule has 27 heavy (non-hydrogen) atoms. The first-order valence-corrected chi connectivity index (χ1v) is 8.60. The number of carbonyl (C=O) groups is 1. The number of nitrogens with two attached hydrogens (primary N) is 1. The summed E-state index contributed by atoms with van der Waals surface area (Å²) in [4.78, 5) is 40.9. The van der Waals surface area contributed by atoms with Gasteiger partial charge in [-0.05, 0) is 36.6 Å². The largest absolute Gasteiger partial charge is 0.384 e. The fraction of sp³-hybridized carbons (Fsp3) is 0.389. The van der Waals surface area contributed by atoms with Crippen molar-refractivity contribution in [3.63, 3.8) is 0 Å². The molecule has 2 aromatic rings. The Kier molecular flexibility index (Phi) is 5.41. The van der Waals surface area contributed by atoms with Gasteiger partial charge in [0, 0.05) is 19.3 Å². The lowest BCUT2D eigenvalue weighted by Crippen LogP contribution is -2.40. The van der Waals surface area contributed by atoms with E-state index in [0.29, 0.717) is 6.54 Å².